The maximum absolute atomic E-state index is 13.1. The Morgan fingerprint density at radius 2 is 1.56 bits per heavy atom. The second-order valence-electron chi connectivity index (χ2n) is 7.96. The van der Waals surface area contributed by atoms with Gasteiger partial charge in [0.15, 0.2) is 5.78 Å². The molecule has 1 atom stereocenters. The number of amides is 1. The summed E-state index contributed by atoms with van der Waals surface area (Å²) in [6.45, 7) is 3.55. The number of hydrogen-bond acceptors (Lipinski definition) is 4. The van der Waals surface area contributed by atoms with E-state index in [1.807, 2.05) is 36.1 Å². The number of rotatable bonds is 6. The molecule has 1 heterocycles. The maximum Gasteiger partial charge on any atom is 0.258 e. The van der Waals surface area contributed by atoms with E-state index in [-0.39, 0.29) is 29.2 Å². The highest BCUT2D eigenvalue weighted by molar-refractivity contribution is 7.89. The molecule has 0 fully saturated rings. The summed E-state index contributed by atoms with van der Waals surface area (Å²) >= 11 is 0. The van der Waals surface area contributed by atoms with Gasteiger partial charge in [-0.15, -0.1) is 0 Å². The van der Waals surface area contributed by atoms with E-state index in [4.69, 9.17) is 0 Å². The van der Waals surface area contributed by atoms with Crippen molar-refractivity contribution in [2.45, 2.75) is 37.8 Å². The molecule has 1 aliphatic heterocycles. The van der Waals surface area contributed by atoms with Crippen LogP contribution >= 0.6 is 0 Å². The highest BCUT2D eigenvalue weighted by Gasteiger charge is 2.31. The minimum Gasteiger partial charge on any atom is -0.305 e. The first-order valence-corrected chi connectivity index (χ1v) is 11.9. The van der Waals surface area contributed by atoms with Gasteiger partial charge in [-0.25, -0.2) is 13.1 Å². The van der Waals surface area contributed by atoms with E-state index in [0.717, 1.165) is 23.2 Å². The van der Waals surface area contributed by atoms with Gasteiger partial charge >= 0.3 is 0 Å². The van der Waals surface area contributed by atoms with Gasteiger partial charge in [-0.05, 0) is 61.7 Å². The lowest BCUT2D eigenvalue weighted by Gasteiger charge is -2.23. The molecule has 0 aliphatic carbocycles. The first-order valence-electron chi connectivity index (χ1n) is 10.4. The molecule has 1 amide bonds. The number of hydrogen-bond donors (Lipinski definition) is 1. The van der Waals surface area contributed by atoms with Crippen molar-refractivity contribution in [3.8, 4) is 0 Å². The lowest BCUT2D eigenvalue weighted by molar-refractivity contribution is 0.0979. The summed E-state index contributed by atoms with van der Waals surface area (Å²) in [6.07, 6.45) is 0.829. The molecule has 6 nitrogen and oxygen atoms in total. The normalized spacial score (nSPS) is 15.4. The van der Waals surface area contributed by atoms with E-state index in [2.05, 4.69) is 4.72 Å². The van der Waals surface area contributed by atoms with E-state index in [1.165, 1.54) is 31.2 Å². The van der Waals surface area contributed by atoms with Crippen LogP contribution in [0.2, 0.25) is 0 Å². The van der Waals surface area contributed by atoms with Crippen molar-refractivity contribution in [2.75, 3.05) is 4.90 Å². The van der Waals surface area contributed by atoms with Crippen LogP contribution in [0.5, 0.6) is 0 Å². The molecule has 3 aromatic rings. The van der Waals surface area contributed by atoms with Crippen molar-refractivity contribution in [2.24, 2.45) is 0 Å². The summed E-state index contributed by atoms with van der Waals surface area (Å²) in [4.78, 5) is 26.4. The van der Waals surface area contributed by atoms with Crippen molar-refractivity contribution in [1.29, 1.82) is 0 Å². The van der Waals surface area contributed by atoms with Gasteiger partial charge in [0.2, 0.25) is 10.0 Å². The van der Waals surface area contributed by atoms with Gasteiger partial charge in [-0.1, -0.05) is 42.5 Å². The lowest BCUT2D eigenvalue weighted by Crippen LogP contribution is -2.35. The zero-order valence-electron chi connectivity index (χ0n) is 17.9. The molecule has 4 rings (SSSR count). The van der Waals surface area contributed by atoms with Crippen LogP contribution in [0.1, 0.15) is 45.7 Å². The molecule has 1 N–H and O–H groups in total. The summed E-state index contributed by atoms with van der Waals surface area (Å²) in [5.74, 6) is -0.191. The molecule has 164 valence electrons. The molecule has 32 heavy (non-hydrogen) atoms. The predicted octanol–water partition coefficient (Wildman–Crippen LogP) is 3.96. The summed E-state index contributed by atoms with van der Waals surface area (Å²) in [5.41, 5.74) is 3.85. The fraction of sp³-hybridized carbons (Fsp3) is 0.200. The lowest BCUT2D eigenvalue weighted by atomic mass is 10.1. The maximum atomic E-state index is 13.1. The van der Waals surface area contributed by atoms with Crippen LogP contribution in [0.3, 0.4) is 0 Å². The minimum absolute atomic E-state index is 0.0693. The van der Waals surface area contributed by atoms with Gasteiger partial charge < -0.3 is 4.90 Å². The molecule has 0 spiro atoms. The van der Waals surface area contributed by atoms with Gasteiger partial charge in [0, 0.05) is 29.4 Å². The summed E-state index contributed by atoms with van der Waals surface area (Å²) in [5, 5.41) is 0. The molecule has 3 aromatic carbocycles. The number of Topliss-reactive ketones (excluding diaryl/α,β-unsaturated/α-hetero) is 1. The van der Waals surface area contributed by atoms with E-state index in [9.17, 15) is 18.0 Å². The fourth-order valence-corrected chi connectivity index (χ4v) is 4.93. The highest BCUT2D eigenvalue weighted by Crippen LogP contribution is 2.33. The van der Waals surface area contributed by atoms with Crippen molar-refractivity contribution >= 4 is 27.4 Å². The van der Waals surface area contributed by atoms with Gasteiger partial charge in [0.05, 0.1) is 4.90 Å². The molecule has 7 heteroatoms. The fourth-order valence-electron chi connectivity index (χ4n) is 3.91. The van der Waals surface area contributed by atoms with Gasteiger partial charge in [0.1, 0.15) is 0 Å². The molecular formula is C25H24N2O4S. The van der Waals surface area contributed by atoms with Crippen LogP contribution in [0.25, 0.3) is 0 Å². The topological polar surface area (TPSA) is 83.5 Å². The smallest absolute Gasteiger partial charge is 0.258 e. The van der Waals surface area contributed by atoms with E-state index >= 15 is 0 Å². The Kier molecular flexibility index (Phi) is 5.95. The average molecular weight is 449 g/mol. The number of fused-ring (bicyclic) bond motifs is 1. The van der Waals surface area contributed by atoms with Crippen molar-refractivity contribution in [3.63, 3.8) is 0 Å². The van der Waals surface area contributed by atoms with Crippen molar-refractivity contribution in [1.82, 2.24) is 4.72 Å². The number of carbonyl (C=O) groups excluding carboxylic acids is 2. The molecule has 0 saturated carbocycles. The third kappa shape index (κ3) is 4.35. The molecule has 0 saturated heterocycles. The number of nitrogens with zero attached hydrogens (tertiary/aromatic N) is 1. The average Bonchev–Trinajstić information content (AvgIpc) is 3.13. The Morgan fingerprint density at radius 3 is 2.22 bits per heavy atom. The molecule has 0 aromatic heterocycles. The van der Waals surface area contributed by atoms with E-state index < -0.39 is 10.0 Å². The second-order valence-corrected chi connectivity index (χ2v) is 9.73. The number of ketones is 1. The number of para-hydroxylation sites is 1. The third-order valence-corrected chi connectivity index (χ3v) is 7.08. The van der Waals surface area contributed by atoms with Crippen molar-refractivity contribution < 1.29 is 18.0 Å². The van der Waals surface area contributed by atoms with Gasteiger partial charge in [-0.3, -0.25) is 9.59 Å². The predicted molar refractivity (Wildman–Crippen MR) is 123 cm³/mol. The monoisotopic (exact) mass is 448 g/mol. The number of sulfonamides is 1. The van der Waals surface area contributed by atoms with Crippen LogP contribution < -0.4 is 9.62 Å². The number of carbonyl (C=O) groups is 2. The molecule has 0 radical (unpaired) electrons. The summed E-state index contributed by atoms with van der Waals surface area (Å²) in [7, 11) is -3.72. The Bertz CT molecular complexity index is 1270. The number of anilines is 1. The number of nitrogens with one attached hydrogen (secondary N) is 1. The van der Waals surface area contributed by atoms with Gasteiger partial charge in [-0.2, -0.15) is 0 Å². The zero-order valence-corrected chi connectivity index (χ0v) is 18.7. The van der Waals surface area contributed by atoms with Crippen LogP contribution in [0.4, 0.5) is 5.69 Å². The van der Waals surface area contributed by atoms with Crippen LogP contribution in [0.15, 0.2) is 77.7 Å². The number of benzene rings is 3. The summed E-state index contributed by atoms with van der Waals surface area (Å²) < 4.78 is 27.6. The second kappa shape index (κ2) is 8.68. The molecule has 0 unspecified atom stereocenters. The van der Waals surface area contributed by atoms with Gasteiger partial charge in [0.25, 0.3) is 5.91 Å². The standard InChI is InChI=1S/C25H24N2O4S/c1-17-15-22-5-3-4-6-24(22)27(17)25(29)21-9-7-19(8-10-21)16-26-32(30,31)23-13-11-20(12-14-23)18(2)28/h3-14,17,26H,15-16H2,1-2H3/t17-/m1/s1. The van der Waals surface area contributed by atoms with E-state index in [0.29, 0.717) is 11.1 Å². The first kappa shape index (κ1) is 21.9. The Balaban J connectivity index is 1.44. The zero-order chi connectivity index (χ0) is 22.9. The Labute approximate surface area is 187 Å². The highest BCUT2D eigenvalue weighted by atomic mass is 32.2. The SMILES string of the molecule is CC(=O)c1ccc(S(=O)(=O)NCc2ccc(C(=O)N3c4ccccc4C[C@H]3C)cc2)cc1. The molecule has 1 aliphatic rings. The van der Waals surface area contributed by atoms with Crippen LogP contribution in [-0.2, 0) is 23.0 Å². The third-order valence-electron chi connectivity index (χ3n) is 5.66. The Morgan fingerprint density at radius 1 is 0.938 bits per heavy atom. The van der Waals surface area contributed by atoms with Crippen LogP contribution in [-0.4, -0.2) is 26.2 Å². The summed E-state index contributed by atoms with van der Waals surface area (Å²) in [6, 6.07) is 20.8. The molecule has 0 bridgehead atoms. The largest absolute Gasteiger partial charge is 0.305 e. The molecular weight excluding hydrogens is 424 g/mol. The minimum atomic E-state index is -3.72. The Hall–Kier alpha value is -3.29. The van der Waals surface area contributed by atoms with E-state index in [1.54, 1.807) is 24.3 Å². The van der Waals surface area contributed by atoms with Crippen molar-refractivity contribution in [3.05, 3.63) is 95.1 Å². The first-order chi connectivity index (χ1) is 15.3. The van der Waals surface area contributed by atoms with Crippen LogP contribution in [0, 0.1) is 0 Å². The quantitative estimate of drug-likeness (QED) is 0.579.